The fourth-order valence-electron chi connectivity index (χ4n) is 7.85. The third-order valence-electron chi connectivity index (χ3n) is 10.9. The number of benzene rings is 8. The highest BCUT2D eigenvalue weighted by atomic mass is 16.3. The smallest absolute Gasteiger partial charge is 0.193 e. The van der Waals surface area contributed by atoms with Crippen LogP contribution in [-0.4, -0.2) is 0 Å². The third-order valence-corrected chi connectivity index (χ3v) is 10.9. The Morgan fingerprint density at radius 3 is 1.02 bits per heavy atom. The first-order chi connectivity index (χ1) is 30.0. The molecule has 0 unspecified atom stereocenters. The molecular weight excluding hydrogens is 753 g/mol. The van der Waals surface area contributed by atoms with Crippen molar-refractivity contribution in [2.24, 2.45) is 0 Å². The van der Waals surface area contributed by atoms with Crippen LogP contribution in [0, 0.1) is 0 Å². The molecule has 61 heavy (non-hydrogen) atoms. The summed E-state index contributed by atoms with van der Waals surface area (Å²) >= 11 is 0. The van der Waals surface area contributed by atoms with Gasteiger partial charge in [-0.1, -0.05) is 84.9 Å². The summed E-state index contributed by atoms with van der Waals surface area (Å²) in [6.45, 7) is 0. The van der Waals surface area contributed by atoms with Crippen molar-refractivity contribution in [3.8, 4) is 22.6 Å². The molecule has 6 heteroatoms. The van der Waals surface area contributed by atoms with Crippen molar-refractivity contribution in [1.29, 1.82) is 0 Å². The van der Waals surface area contributed by atoms with Crippen molar-refractivity contribution in [3.05, 3.63) is 250 Å². The van der Waals surface area contributed by atoms with Crippen molar-refractivity contribution in [3.63, 3.8) is 0 Å². The molecule has 2 heterocycles. The highest BCUT2D eigenvalue weighted by molar-refractivity contribution is 5.82. The first-order valence-corrected chi connectivity index (χ1v) is 20.2. The second kappa shape index (κ2) is 16.2. The molecule has 0 fully saturated rings. The van der Waals surface area contributed by atoms with Crippen LogP contribution in [0.3, 0.4) is 0 Å². The maximum absolute atomic E-state index is 12.8. The van der Waals surface area contributed by atoms with E-state index in [9.17, 15) is 9.59 Å². The van der Waals surface area contributed by atoms with Crippen LogP contribution in [0.25, 0.3) is 44.6 Å². The molecule has 10 aromatic rings. The van der Waals surface area contributed by atoms with Gasteiger partial charge in [-0.05, 0) is 139 Å². The zero-order valence-corrected chi connectivity index (χ0v) is 33.0. The van der Waals surface area contributed by atoms with Gasteiger partial charge in [-0.25, -0.2) is 0 Å². The van der Waals surface area contributed by atoms with Crippen LogP contribution in [0.2, 0.25) is 0 Å². The standard InChI is InChI=1S/C55H38N2O4/c58-50-36-54(60-52-17-9-7-15-48(50)52)40-23-31-46(32-24-40)56(42-11-3-1-4-12-42)44-27-19-38(20-28-44)35-39-21-29-45(30-22-39)57(43-13-5-2-6-14-43)47-33-25-41(26-34-47)55-37-51(59)49-16-8-10-18-53(49)61-55/h1-34,36-37H,35H2. The predicted molar refractivity (Wildman–Crippen MR) is 248 cm³/mol. The molecule has 0 saturated heterocycles. The summed E-state index contributed by atoms with van der Waals surface area (Å²) in [7, 11) is 0. The van der Waals surface area contributed by atoms with Crippen molar-refractivity contribution in [1.82, 2.24) is 0 Å². The van der Waals surface area contributed by atoms with Gasteiger partial charge < -0.3 is 18.6 Å². The molecule has 0 aliphatic carbocycles. The Bertz CT molecular complexity index is 3010. The number of hydrogen-bond donors (Lipinski definition) is 0. The average Bonchev–Trinajstić information content (AvgIpc) is 3.31. The Labute approximate surface area is 352 Å². The second-order valence-corrected chi connectivity index (χ2v) is 14.9. The van der Waals surface area contributed by atoms with Gasteiger partial charge in [0.1, 0.15) is 22.7 Å². The van der Waals surface area contributed by atoms with Gasteiger partial charge in [-0.3, -0.25) is 9.59 Å². The van der Waals surface area contributed by atoms with Gasteiger partial charge in [0.2, 0.25) is 0 Å². The maximum atomic E-state index is 12.8. The zero-order valence-electron chi connectivity index (χ0n) is 33.0. The Kier molecular flexibility index (Phi) is 9.85. The fraction of sp³-hybridized carbons (Fsp3) is 0.0182. The molecular formula is C55H38N2O4. The number of rotatable bonds is 10. The van der Waals surface area contributed by atoms with Crippen molar-refractivity contribution >= 4 is 56.1 Å². The van der Waals surface area contributed by atoms with E-state index in [0.717, 1.165) is 51.7 Å². The maximum Gasteiger partial charge on any atom is 0.193 e. The summed E-state index contributed by atoms with van der Waals surface area (Å²) in [6, 6.07) is 72.0. The molecule has 8 aromatic carbocycles. The topological polar surface area (TPSA) is 66.9 Å². The van der Waals surface area contributed by atoms with Gasteiger partial charge in [0, 0.05) is 57.4 Å². The van der Waals surface area contributed by atoms with Gasteiger partial charge in [0.15, 0.2) is 10.9 Å². The van der Waals surface area contributed by atoms with Crippen LogP contribution in [-0.2, 0) is 6.42 Å². The highest BCUT2D eigenvalue weighted by Crippen LogP contribution is 2.38. The number of fused-ring (bicyclic) bond motifs is 2. The monoisotopic (exact) mass is 790 g/mol. The lowest BCUT2D eigenvalue weighted by Crippen LogP contribution is -2.10. The summed E-state index contributed by atoms with van der Waals surface area (Å²) in [5.41, 5.74) is 11.2. The number of hydrogen-bond acceptors (Lipinski definition) is 6. The highest BCUT2D eigenvalue weighted by Gasteiger charge is 2.16. The Balaban J connectivity index is 0.890. The van der Waals surface area contributed by atoms with Crippen LogP contribution >= 0.6 is 0 Å². The summed E-state index contributed by atoms with van der Waals surface area (Å²) in [5, 5.41) is 1.15. The van der Waals surface area contributed by atoms with E-state index < -0.39 is 0 Å². The first kappa shape index (κ1) is 37.1. The lowest BCUT2D eigenvalue weighted by molar-refractivity contribution is 0.618. The molecule has 0 aliphatic heterocycles. The van der Waals surface area contributed by atoms with Crippen LogP contribution < -0.4 is 20.7 Å². The van der Waals surface area contributed by atoms with Gasteiger partial charge in [0.25, 0.3) is 0 Å². The molecule has 10 rings (SSSR count). The SMILES string of the molecule is O=c1cc(-c2ccc(N(c3ccccc3)c3ccc(Cc4ccc(N(c5ccccc5)c5ccc(-c6cc(=O)c7ccccc7o6)cc5)cc4)cc3)cc2)oc2ccccc12. The minimum absolute atomic E-state index is 0.0598. The minimum atomic E-state index is -0.0598. The van der Waals surface area contributed by atoms with E-state index in [4.69, 9.17) is 8.83 Å². The molecule has 0 saturated carbocycles. The van der Waals surface area contributed by atoms with E-state index >= 15 is 0 Å². The third kappa shape index (κ3) is 7.62. The zero-order chi connectivity index (χ0) is 41.1. The van der Waals surface area contributed by atoms with Crippen molar-refractivity contribution in [2.75, 3.05) is 9.80 Å². The molecule has 0 radical (unpaired) electrons. The van der Waals surface area contributed by atoms with Crippen LogP contribution in [0.1, 0.15) is 11.1 Å². The lowest BCUT2D eigenvalue weighted by atomic mass is 10.0. The van der Waals surface area contributed by atoms with E-state index in [0.29, 0.717) is 33.5 Å². The number of para-hydroxylation sites is 4. The van der Waals surface area contributed by atoms with E-state index in [-0.39, 0.29) is 10.9 Å². The molecule has 0 bridgehead atoms. The van der Waals surface area contributed by atoms with Gasteiger partial charge in [-0.15, -0.1) is 0 Å². The largest absolute Gasteiger partial charge is 0.456 e. The Hall–Kier alpha value is -8.22. The minimum Gasteiger partial charge on any atom is -0.456 e. The Morgan fingerprint density at radius 1 is 0.328 bits per heavy atom. The van der Waals surface area contributed by atoms with Gasteiger partial charge >= 0.3 is 0 Å². The first-order valence-electron chi connectivity index (χ1n) is 20.2. The van der Waals surface area contributed by atoms with Gasteiger partial charge in [-0.2, -0.15) is 0 Å². The van der Waals surface area contributed by atoms with Gasteiger partial charge in [0.05, 0.1) is 10.8 Å². The molecule has 0 N–H and O–H groups in total. The van der Waals surface area contributed by atoms with E-state index in [1.165, 1.54) is 11.1 Å². The quantitative estimate of drug-likeness (QED) is 0.137. The molecule has 0 spiro atoms. The van der Waals surface area contributed by atoms with E-state index in [2.05, 4.69) is 107 Å². The van der Waals surface area contributed by atoms with Crippen LogP contribution in [0.5, 0.6) is 0 Å². The summed E-state index contributed by atoms with van der Waals surface area (Å²) in [4.78, 5) is 30.1. The average molecular weight is 791 g/mol. The lowest BCUT2D eigenvalue weighted by Gasteiger charge is -2.26. The van der Waals surface area contributed by atoms with Crippen LogP contribution in [0.4, 0.5) is 34.1 Å². The predicted octanol–water partition coefficient (Wildman–Crippen LogP) is 13.8. The van der Waals surface area contributed by atoms with E-state index in [1.807, 2.05) is 97.1 Å². The molecule has 0 aliphatic rings. The fourth-order valence-corrected chi connectivity index (χ4v) is 7.85. The second-order valence-electron chi connectivity index (χ2n) is 14.9. The van der Waals surface area contributed by atoms with Crippen LogP contribution in [0.15, 0.2) is 237 Å². The number of anilines is 6. The summed E-state index contributed by atoms with van der Waals surface area (Å²) in [6.07, 6.45) is 0.772. The summed E-state index contributed by atoms with van der Waals surface area (Å²) in [5.74, 6) is 1.07. The summed E-state index contributed by atoms with van der Waals surface area (Å²) < 4.78 is 12.2. The van der Waals surface area contributed by atoms with Crippen molar-refractivity contribution in [2.45, 2.75) is 6.42 Å². The number of nitrogens with zero attached hydrogens (tertiary/aromatic N) is 2. The molecule has 0 amide bonds. The molecule has 0 atom stereocenters. The normalized spacial score (nSPS) is 11.1. The van der Waals surface area contributed by atoms with E-state index in [1.54, 1.807) is 24.3 Å². The molecule has 292 valence electrons. The molecule has 2 aromatic heterocycles. The van der Waals surface area contributed by atoms with Crippen molar-refractivity contribution < 1.29 is 8.83 Å². The molecule has 6 nitrogen and oxygen atoms in total. The Morgan fingerprint density at radius 2 is 0.639 bits per heavy atom.